The van der Waals surface area contributed by atoms with Crippen molar-refractivity contribution in [2.24, 2.45) is 0 Å². The van der Waals surface area contributed by atoms with Crippen LogP contribution in [0.3, 0.4) is 0 Å². The van der Waals surface area contributed by atoms with E-state index in [0.29, 0.717) is 13.1 Å². The topological polar surface area (TPSA) is 108 Å². The van der Waals surface area contributed by atoms with Crippen LogP contribution in [0.5, 0.6) is 0 Å². The van der Waals surface area contributed by atoms with Gasteiger partial charge < -0.3 is 0 Å². The number of fused-ring (bicyclic) bond motifs is 1. The second-order valence-electron chi connectivity index (χ2n) is 6.21. The summed E-state index contributed by atoms with van der Waals surface area (Å²) in [5.41, 5.74) is 2.51. The molecule has 0 spiro atoms. The molecule has 3 aromatic rings. The van der Waals surface area contributed by atoms with Crippen molar-refractivity contribution in [1.29, 1.82) is 0 Å². The first-order valence-corrected chi connectivity index (χ1v) is 11.9. The van der Waals surface area contributed by atoms with Crippen molar-refractivity contribution in [3.05, 3.63) is 60.8 Å². The van der Waals surface area contributed by atoms with E-state index in [1.165, 1.54) is 28.7 Å². The minimum atomic E-state index is -3.84. The predicted octanol–water partition coefficient (Wildman–Crippen LogP) is 2.57. The van der Waals surface area contributed by atoms with Crippen LogP contribution in [0.15, 0.2) is 70.6 Å². The number of benzene rings is 2. The lowest BCUT2D eigenvalue weighted by molar-refractivity contribution is 0.445. The van der Waals surface area contributed by atoms with E-state index in [1.54, 1.807) is 26.0 Å². The molecule has 8 nitrogen and oxygen atoms in total. The summed E-state index contributed by atoms with van der Waals surface area (Å²) in [5, 5.41) is 1.74. The maximum absolute atomic E-state index is 12.5. The first kappa shape index (κ1) is 21.2. The Hall–Kier alpha value is -2.53. The summed E-state index contributed by atoms with van der Waals surface area (Å²) in [4.78, 5) is 6.41. The Morgan fingerprint density at radius 2 is 1.52 bits per heavy atom. The predicted molar refractivity (Wildman–Crippen MR) is 112 cm³/mol. The third-order valence-corrected chi connectivity index (χ3v) is 7.70. The van der Waals surface area contributed by atoms with Gasteiger partial charge in [-0.3, -0.25) is 5.43 Å². The molecule has 0 saturated carbocycles. The average molecular weight is 435 g/mol. The number of aromatic nitrogens is 1. The van der Waals surface area contributed by atoms with Crippen LogP contribution in [0.4, 0.5) is 5.82 Å². The highest BCUT2D eigenvalue weighted by Crippen LogP contribution is 2.19. The van der Waals surface area contributed by atoms with Gasteiger partial charge in [0.15, 0.2) is 0 Å². The Morgan fingerprint density at radius 3 is 2.14 bits per heavy atom. The first-order valence-electron chi connectivity index (χ1n) is 9.00. The molecule has 0 bridgehead atoms. The Balaban J connectivity index is 1.75. The van der Waals surface area contributed by atoms with Gasteiger partial charge in [-0.05, 0) is 35.0 Å². The number of pyridine rings is 1. The second kappa shape index (κ2) is 8.46. The summed E-state index contributed by atoms with van der Waals surface area (Å²) in [6.07, 6.45) is 1.19. The summed E-state index contributed by atoms with van der Waals surface area (Å²) in [6, 6.07) is 15.1. The summed E-state index contributed by atoms with van der Waals surface area (Å²) in [6.45, 7) is 4.22. The molecule has 0 aliphatic rings. The monoisotopic (exact) mass is 434 g/mol. The van der Waals surface area contributed by atoms with Gasteiger partial charge in [-0.25, -0.2) is 21.8 Å². The summed E-state index contributed by atoms with van der Waals surface area (Å²) in [5.74, 6) is 0.174. The number of hydrogen-bond donors (Lipinski definition) is 2. The molecule has 3 rings (SSSR count). The summed E-state index contributed by atoms with van der Waals surface area (Å²) < 4.78 is 51.3. The van der Waals surface area contributed by atoms with Gasteiger partial charge in [0.05, 0.1) is 4.90 Å². The highest BCUT2D eigenvalue weighted by molar-refractivity contribution is 7.89. The summed E-state index contributed by atoms with van der Waals surface area (Å²) in [7, 11) is -7.46. The smallest absolute Gasteiger partial charge is 0.257 e. The lowest BCUT2D eigenvalue weighted by Crippen LogP contribution is -2.31. The molecular formula is C19H22N4O4S2. The Kier molecular flexibility index (Phi) is 6.18. The molecule has 0 unspecified atom stereocenters. The number of sulfonamides is 2. The fraction of sp³-hybridized carbons (Fsp3) is 0.211. The molecular weight excluding hydrogens is 412 g/mol. The molecule has 1 heterocycles. The minimum Gasteiger partial charge on any atom is -0.292 e. The van der Waals surface area contributed by atoms with Crippen molar-refractivity contribution >= 4 is 36.6 Å². The van der Waals surface area contributed by atoms with Crippen LogP contribution in [0.2, 0.25) is 0 Å². The van der Waals surface area contributed by atoms with Gasteiger partial charge in [0.25, 0.3) is 10.0 Å². The summed E-state index contributed by atoms with van der Waals surface area (Å²) >= 11 is 0. The fourth-order valence-corrected chi connectivity index (χ4v) is 5.12. The Morgan fingerprint density at radius 1 is 0.862 bits per heavy atom. The van der Waals surface area contributed by atoms with Gasteiger partial charge in [0.2, 0.25) is 10.0 Å². The van der Waals surface area contributed by atoms with Crippen molar-refractivity contribution in [3.63, 3.8) is 0 Å². The highest BCUT2D eigenvalue weighted by atomic mass is 32.2. The molecule has 1 aromatic heterocycles. The normalized spacial score (nSPS) is 12.4. The van der Waals surface area contributed by atoms with Crippen LogP contribution in [0, 0.1) is 0 Å². The van der Waals surface area contributed by atoms with E-state index in [9.17, 15) is 16.8 Å². The van der Waals surface area contributed by atoms with E-state index in [2.05, 4.69) is 15.2 Å². The maximum atomic E-state index is 12.5. The van der Waals surface area contributed by atoms with E-state index in [4.69, 9.17) is 0 Å². The van der Waals surface area contributed by atoms with Gasteiger partial charge in [-0.15, -0.1) is 4.83 Å². The number of nitrogens with zero attached hydrogens (tertiary/aromatic N) is 2. The molecule has 154 valence electrons. The van der Waals surface area contributed by atoms with Crippen molar-refractivity contribution < 1.29 is 16.8 Å². The number of hydrogen-bond acceptors (Lipinski definition) is 6. The van der Waals surface area contributed by atoms with Gasteiger partial charge in [0, 0.05) is 19.3 Å². The Bertz CT molecular complexity index is 1210. The van der Waals surface area contributed by atoms with Crippen molar-refractivity contribution in [3.8, 4) is 0 Å². The van der Waals surface area contributed by atoms with Crippen LogP contribution in [-0.4, -0.2) is 39.2 Å². The quantitative estimate of drug-likeness (QED) is 0.528. The third-order valence-electron chi connectivity index (χ3n) is 4.42. The van der Waals surface area contributed by atoms with Crippen molar-refractivity contribution in [2.45, 2.75) is 23.6 Å². The molecule has 0 saturated heterocycles. The van der Waals surface area contributed by atoms with Crippen LogP contribution in [0.25, 0.3) is 10.8 Å². The second-order valence-corrected chi connectivity index (χ2v) is 9.83. The number of nitrogens with one attached hydrogen (secondary N) is 2. The van der Waals surface area contributed by atoms with E-state index in [0.717, 1.165) is 10.8 Å². The van der Waals surface area contributed by atoms with Gasteiger partial charge in [-0.1, -0.05) is 44.2 Å². The van der Waals surface area contributed by atoms with Crippen LogP contribution < -0.4 is 10.3 Å². The molecule has 0 atom stereocenters. The van der Waals surface area contributed by atoms with Crippen LogP contribution in [0.1, 0.15) is 13.8 Å². The largest absolute Gasteiger partial charge is 0.292 e. The molecule has 29 heavy (non-hydrogen) atoms. The van der Waals surface area contributed by atoms with E-state index in [-0.39, 0.29) is 15.6 Å². The highest BCUT2D eigenvalue weighted by Gasteiger charge is 2.22. The SMILES string of the molecule is CCN(CC)S(=O)(=O)c1ccc(NNS(=O)(=O)c2ccc3ccccc3c2)nc1. The van der Waals surface area contributed by atoms with Gasteiger partial charge in [-0.2, -0.15) is 4.31 Å². The van der Waals surface area contributed by atoms with Crippen LogP contribution in [-0.2, 0) is 20.0 Å². The van der Waals surface area contributed by atoms with E-state index in [1.807, 2.05) is 24.3 Å². The Labute approximate surface area is 170 Å². The first-order chi connectivity index (χ1) is 13.8. The number of anilines is 1. The molecule has 2 N–H and O–H groups in total. The zero-order valence-corrected chi connectivity index (χ0v) is 17.7. The third kappa shape index (κ3) is 4.56. The van der Waals surface area contributed by atoms with Crippen molar-refractivity contribution in [1.82, 2.24) is 14.1 Å². The number of rotatable bonds is 8. The zero-order valence-electron chi connectivity index (χ0n) is 16.0. The molecule has 0 aliphatic heterocycles. The molecule has 0 amide bonds. The van der Waals surface area contributed by atoms with Gasteiger partial charge >= 0.3 is 0 Å². The molecule has 0 radical (unpaired) electrons. The molecule has 2 aromatic carbocycles. The fourth-order valence-electron chi connectivity index (χ4n) is 2.83. The lowest BCUT2D eigenvalue weighted by atomic mass is 10.1. The van der Waals surface area contributed by atoms with E-state index < -0.39 is 20.0 Å². The average Bonchev–Trinajstić information content (AvgIpc) is 2.73. The van der Waals surface area contributed by atoms with E-state index >= 15 is 0 Å². The standard InChI is InChI=1S/C19H22N4O4S2/c1-3-23(4-2)29(26,27)18-11-12-19(20-14-18)21-22-28(24,25)17-10-9-15-7-5-6-8-16(15)13-17/h5-14,22H,3-4H2,1-2H3,(H,20,21). The number of hydrazine groups is 1. The minimum absolute atomic E-state index is 0.0455. The zero-order chi connectivity index (χ0) is 21.1. The van der Waals surface area contributed by atoms with Crippen molar-refractivity contribution in [2.75, 3.05) is 18.5 Å². The lowest BCUT2D eigenvalue weighted by Gasteiger charge is -2.18. The molecule has 0 aliphatic carbocycles. The maximum Gasteiger partial charge on any atom is 0.257 e. The molecule has 0 fully saturated rings. The van der Waals surface area contributed by atoms with Gasteiger partial charge in [0.1, 0.15) is 10.7 Å². The molecule has 10 heteroatoms. The van der Waals surface area contributed by atoms with Crippen LogP contribution >= 0.6 is 0 Å².